The highest BCUT2D eigenvalue weighted by Gasteiger charge is 2.27. The molecule has 1 heterocycles. The molecule has 1 saturated carbocycles. The van der Waals surface area contributed by atoms with Gasteiger partial charge in [-0.3, -0.25) is 0 Å². The molecule has 2 nitrogen and oxygen atoms in total. The maximum absolute atomic E-state index is 13.8. The zero-order valence-electron chi connectivity index (χ0n) is 10.0. The SMILES string of the molecule is CC1CCCC1n1c(=S)[nH]c2cc(I)c(F)cc21. The Labute approximate surface area is 124 Å². The lowest BCUT2D eigenvalue weighted by atomic mass is 10.1. The topological polar surface area (TPSA) is 20.7 Å². The molecule has 2 unspecified atom stereocenters. The van der Waals surface area contributed by atoms with Gasteiger partial charge >= 0.3 is 0 Å². The molecule has 0 spiro atoms. The Bertz CT molecular complexity index is 661. The molecule has 0 aliphatic heterocycles. The van der Waals surface area contributed by atoms with Crippen molar-refractivity contribution in [2.45, 2.75) is 32.2 Å². The van der Waals surface area contributed by atoms with Crippen LogP contribution in [0.15, 0.2) is 12.1 Å². The predicted octanol–water partition coefficient (Wildman–Crippen LogP) is 4.80. The van der Waals surface area contributed by atoms with Crippen molar-refractivity contribution >= 4 is 45.8 Å². The van der Waals surface area contributed by atoms with E-state index in [0.29, 0.717) is 20.3 Å². The molecule has 1 aromatic heterocycles. The minimum atomic E-state index is -0.170. The van der Waals surface area contributed by atoms with Gasteiger partial charge in [0.15, 0.2) is 4.77 Å². The summed E-state index contributed by atoms with van der Waals surface area (Å²) in [6.45, 7) is 2.25. The van der Waals surface area contributed by atoms with Crippen molar-refractivity contribution in [1.82, 2.24) is 9.55 Å². The van der Waals surface area contributed by atoms with E-state index >= 15 is 0 Å². The summed E-state index contributed by atoms with van der Waals surface area (Å²) in [5, 5.41) is 0. The molecule has 5 heteroatoms. The number of rotatable bonds is 1. The first-order valence-corrected chi connectivity index (χ1v) is 7.66. The van der Waals surface area contributed by atoms with Crippen LogP contribution in [-0.2, 0) is 0 Å². The molecule has 0 bridgehead atoms. The molecule has 1 fully saturated rings. The number of imidazole rings is 1. The Morgan fingerprint density at radius 1 is 1.44 bits per heavy atom. The van der Waals surface area contributed by atoms with Gasteiger partial charge in [-0.05, 0) is 59.6 Å². The average molecular weight is 376 g/mol. The van der Waals surface area contributed by atoms with Crippen molar-refractivity contribution in [3.63, 3.8) is 0 Å². The quantitative estimate of drug-likeness (QED) is 0.560. The van der Waals surface area contributed by atoms with E-state index in [9.17, 15) is 4.39 Å². The molecule has 1 aliphatic carbocycles. The van der Waals surface area contributed by atoms with Crippen LogP contribution in [0.5, 0.6) is 0 Å². The van der Waals surface area contributed by atoms with E-state index in [0.717, 1.165) is 17.5 Å². The van der Waals surface area contributed by atoms with E-state index < -0.39 is 0 Å². The maximum Gasteiger partial charge on any atom is 0.178 e. The molecule has 3 rings (SSSR count). The number of halogens is 2. The Morgan fingerprint density at radius 3 is 2.89 bits per heavy atom. The lowest BCUT2D eigenvalue weighted by Crippen LogP contribution is -2.11. The summed E-state index contributed by atoms with van der Waals surface area (Å²) in [6, 6.07) is 3.84. The van der Waals surface area contributed by atoms with Crippen molar-refractivity contribution in [2.24, 2.45) is 5.92 Å². The molecule has 2 atom stereocenters. The van der Waals surface area contributed by atoms with Gasteiger partial charge in [-0.15, -0.1) is 0 Å². The molecule has 1 aliphatic rings. The second-order valence-corrected chi connectivity index (χ2v) is 6.61. The summed E-state index contributed by atoms with van der Waals surface area (Å²) in [5.74, 6) is 0.439. The molecule has 0 saturated heterocycles. The zero-order chi connectivity index (χ0) is 12.9. The van der Waals surface area contributed by atoms with Gasteiger partial charge in [0.05, 0.1) is 14.6 Å². The number of nitrogens with one attached hydrogen (secondary N) is 1. The Kier molecular flexibility index (Phi) is 3.21. The normalized spacial score (nSPS) is 23.9. The first-order chi connectivity index (χ1) is 8.58. The standard InChI is InChI=1S/C13H14FIN2S/c1-7-3-2-4-11(7)17-12-5-8(14)9(15)6-10(12)16-13(17)18/h5-7,11H,2-4H2,1H3,(H,16,18). The summed E-state index contributed by atoms with van der Waals surface area (Å²) >= 11 is 7.42. The van der Waals surface area contributed by atoms with Crippen molar-refractivity contribution in [1.29, 1.82) is 0 Å². The monoisotopic (exact) mass is 376 g/mol. The fourth-order valence-electron chi connectivity index (χ4n) is 2.96. The van der Waals surface area contributed by atoms with Crippen LogP contribution in [-0.4, -0.2) is 9.55 Å². The lowest BCUT2D eigenvalue weighted by Gasteiger charge is -2.18. The van der Waals surface area contributed by atoms with Crippen LogP contribution < -0.4 is 0 Å². The highest BCUT2D eigenvalue weighted by Crippen LogP contribution is 2.37. The van der Waals surface area contributed by atoms with Gasteiger partial charge in [0, 0.05) is 12.1 Å². The predicted molar refractivity (Wildman–Crippen MR) is 81.8 cm³/mol. The summed E-state index contributed by atoms with van der Waals surface area (Å²) < 4.78 is 17.2. The number of hydrogen-bond donors (Lipinski definition) is 1. The second-order valence-electron chi connectivity index (χ2n) is 5.06. The summed E-state index contributed by atoms with van der Waals surface area (Å²) in [5.41, 5.74) is 1.83. The number of nitrogens with zero attached hydrogens (tertiary/aromatic N) is 1. The third kappa shape index (κ3) is 1.91. The highest BCUT2D eigenvalue weighted by molar-refractivity contribution is 14.1. The number of H-pyrrole nitrogens is 1. The minimum Gasteiger partial charge on any atom is -0.331 e. The molecule has 0 radical (unpaired) electrons. The van der Waals surface area contributed by atoms with Crippen LogP contribution in [0.2, 0.25) is 0 Å². The average Bonchev–Trinajstić information content (AvgIpc) is 2.83. The van der Waals surface area contributed by atoms with Crippen LogP contribution in [0.25, 0.3) is 11.0 Å². The van der Waals surface area contributed by atoms with E-state index in [1.54, 1.807) is 6.07 Å². The van der Waals surface area contributed by atoms with Gasteiger partial charge in [-0.1, -0.05) is 13.3 Å². The summed E-state index contributed by atoms with van der Waals surface area (Å²) in [6.07, 6.45) is 3.59. The van der Waals surface area contributed by atoms with Crippen LogP contribution in [0, 0.1) is 20.1 Å². The number of aromatic nitrogens is 2. The van der Waals surface area contributed by atoms with Crippen LogP contribution >= 0.6 is 34.8 Å². The van der Waals surface area contributed by atoms with E-state index in [4.69, 9.17) is 12.2 Å². The fourth-order valence-corrected chi connectivity index (χ4v) is 3.77. The van der Waals surface area contributed by atoms with Gasteiger partial charge < -0.3 is 9.55 Å². The van der Waals surface area contributed by atoms with Gasteiger partial charge in [0.25, 0.3) is 0 Å². The first-order valence-electron chi connectivity index (χ1n) is 6.17. The van der Waals surface area contributed by atoms with E-state index in [2.05, 4.69) is 16.5 Å². The van der Waals surface area contributed by atoms with E-state index in [1.807, 2.05) is 28.7 Å². The van der Waals surface area contributed by atoms with Crippen LogP contribution in [0.4, 0.5) is 4.39 Å². The molecular weight excluding hydrogens is 362 g/mol. The largest absolute Gasteiger partial charge is 0.331 e. The molecule has 18 heavy (non-hydrogen) atoms. The fraction of sp³-hybridized carbons (Fsp3) is 0.462. The third-order valence-corrected chi connectivity index (χ3v) is 5.03. The molecule has 0 amide bonds. The Balaban J connectivity index is 2.25. The molecule has 96 valence electrons. The van der Waals surface area contributed by atoms with Gasteiger partial charge in [0.1, 0.15) is 5.82 Å². The number of aromatic amines is 1. The van der Waals surface area contributed by atoms with E-state index in [1.165, 1.54) is 12.8 Å². The summed E-state index contributed by atoms with van der Waals surface area (Å²) in [4.78, 5) is 3.20. The van der Waals surface area contributed by atoms with E-state index in [-0.39, 0.29) is 5.82 Å². The smallest absolute Gasteiger partial charge is 0.178 e. The minimum absolute atomic E-state index is 0.170. The Morgan fingerprint density at radius 2 is 2.22 bits per heavy atom. The second kappa shape index (κ2) is 4.59. The lowest BCUT2D eigenvalue weighted by molar-refractivity contribution is 0.412. The number of hydrogen-bond acceptors (Lipinski definition) is 1. The first kappa shape index (κ1) is 12.6. The molecule has 1 N–H and O–H groups in total. The van der Waals surface area contributed by atoms with Crippen LogP contribution in [0.3, 0.4) is 0 Å². The van der Waals surface area contributed by atoms with Crippen molar-refractivity contribution < 1.29 is 4.39 Å². The van der Waals surface area contributed by atoms with Gasteiger partial charge in [-0.25, -0.2) is 4.39 Å². The van der Waals surface area contributed by atoms with Crippen molar-refractivity contribution in [2.75, 3.05) is 0 Å². The van der Waals surface area contributed by atoms with Crippen LogP contribution in [0.1, 0.15) is 32.2 Å². The highest BCUT2D eigenvalue weighted by atomic mass is 127. The molecule has 1 aromatic carbocycles. The van der Waals surface area contributed by atoms with Gasteiger partial charge in [0.2, 0.25) is 0 Å². The molecule has 2 aromatic rings. The maximum atomic E-state index is 13.8. The summed E-state index contributed by atoms with van der Waals surface area (Å²) in [7, 11) is 0. The number of fused-ring (bicyclic) bond motifs is 1. The zero-order valence-corrected chi connectivity index (χ0v) is 13.0. The molecular formula is C13H14FIN2S. The van der Waals surface area contributed by atoms with Gasteiger partial charge in [-0.2, -0.15) is 0 Å². The van der Waals surface area contributed by atoms with Crippen molar-refractivity contribution in [3.8, 4) is 0 Å². The number of benzene rings is 1. The third-order valence-electron chi connectivity index (χ3n) is 3.91. The Hall–Kier alpha value is -0.430. The van der Waals surface area contributed by atoms with Crippen molar-refractivity contribution in [3.05, 3.63) is 26.3 Å².